The van der Waals surface area contributed by atoms with Crippen molar-refractivity contribution in [3.05, 3.63) is 78.5 Å². The van der Waals surface area contributed by atoms with Gasteiger partial charge in [0.2, 0.25) is 5.88 Å². The minimum Gasteiger partial charge on any atom is -0.496 e. The van der Waals surface area contributed by atoms with E-state index in [1.165, 1.54) is 0 Å². The average Bonchev–Trinajstić information content (AvgIpc) is 3.03. The summed E-state index contributed by atoms with van der Waals surface area (Å²) < 4.78 is 7.14. The summed E-state index contributed by atoms with van der Waals surface area (Å²) >= 11 is 0. The number of nitrogens with zero attached hydrogens (tertiary/aromatic N) is 2. The second kappa shape index (κ2) is 6.32. The topological polar surface area (TPSA) is 47.3 Å². The molecule has 25 heavy (non-hydrogen) atoms. The summed E-state index contributed by atoms with van der Waals surface area (Å²) in [6.07, 6.45) is 1.70. The molecule has 1 aromatic heterocycles. The van der Waals surface area contributed by atoms with Gasteiger partial charge in [-0.2, -0.15) is 5.10 Å². The first-order valence-corrected chi connectivity index (χ1v) is 8.12. The molecule has 0 aliphatic carbocycles. The maximum absolute atomic E-state index is 10.6. The lowest BCUT2D eigenvalue weighted by molar-refractivity contribution is 0.395. The van der Waals surface area contributed by atoms with E-state index in [0.29, 0.717) is 6.54 Å². The smallest absolute Gasteiger partial charge is 0.217 e. The summed E-state index contributed by atoms with van der Waals surface area (Å²) in [5.74, 6) is 0.941. The fraction of sp³-hybridized carbons (Fsp3) is 0.0952. The van der Waals surface area contributed by atoms with Crippen LogP contribution in [0.2, 0.25) is 0 Å². The van der Waals surface area contributed by atoms with Crippen LogP contribution in [-0.4, -0.2) is 22.0 Å². The molecule has 4 rings (SSSR count). The minimum atomic E-state index is 0.154. The number of methoxy groups -OCH3 is 1. The standard InChI is InChI=1S/C21H18N2O2/c1-25-20-12-11-16-9-5-6-10-17(16)19(20)14-23-21(24)18(13-22-23)15-7-3-2-4-8-15/h2-13,24H,14H2,1H3. The lowest BCUT2D eigenvalue weighted by atomic mass is 10.0. The zero-order chi connectivity index (χ0) is 17.2. The Hall–Kier alpha value is -3.27. The summed E-state index contributed by atoms with van der Waals surface area (Å²) in [7, 11) is 1.66. The van der Waals surface area contributed by atoms with Crippen LogP contribution in [-0.2, 0) is 6.54 Å². The molecule has 0 saturated heterocycles. The van der Waals surface area contributed by atoms with Crippen LogP contribution >= 0.6 is 0 Å². The Balaban J connectivity index is 1.79. The Morgan fingerprint density at radius 3 is 2.52 bits per heavy atom. The van der Waals surface area contributed by atoms with Crippen LogP contribution in [0.1, 0.15) is 5.56 Å². The number of hydrogen-bond donors (Lipinski definition) is 1. The predicted octanol–water partition coefficient (Wildman–Crippen LogP) is 4.47. The number of hydrogen-bond acceptors (Lipinski definition) is 3. The van der Waals surface area contributed by atoms with Gasteiger partial charge in [-0.25, -0.2) is 4.68 Å². The van der Waals surface area contributed by atoms with Crippen LogP contribution in [0.3, 0.4) is 0 Å². The number of aromatic hydroxyl groups is 1. The molecule has 0 bridgehead atoms. The minimum absolute atomic E-state index is 0.154. The van der Waals surface area contributed by atoms with Gasteiger partial charge in [-0.05, 0) is 22.4 Å². The van der Waals surface area contributed by atoms with E-state index in [4.69, 9.17) is 4.74 Å². The Morgan fingerprint density at radius 1 is 0.960 bits per heavy atom. The van der Waals surface area contributed by atoms with Crippen molar-refractivity contribution in [1.29, 1.82) is 0 Å². The molecule has 0 atom stereocenters. The van der Waals surface area contributed by atoms with E-state index in [1.807, 2.05) is 54.6 Å². The fourth-order valence-corrected chi connectivity index (χ4v) is 3.14. The van der Waals surface area contributed by atoms with Crippen molar-refractivity contribution in [2.45, 2.75) is 6.54 Å². The van der Waals surface area contributed by atoms with E-state index in [0.717, 1.165) is 33.2 Å². The van der Waals surface area contributed by atoms with Gasteiger partial charge < -0.3 is 9.84 Å². The predicted molar refractivity (Wildman–Crippen MR) is 98.9 cm³/mol. The molecular weight excluding hydrogens is 312 g/mol. The van der Waals surface area contributed by atoms with Gasteiger partial charge in [-0.15, -0.1) is 0 Å². The van der Waals surface area contributed by atoms with E-state index in [2.05, 4.69) is 17.2 Å². The van der Waals surface area contributed by atoms with Gasteiger partial charge in [0, 0.05) is 5.56 Å². The van der Waals surface area contributed by atoms with E-state index in [9.17, 15) is 5.11 Å². The lowest BCUT2D eigenvalue weighted by Gasteiger charge is -2.13. The number of aromatic nitrogens is 2. The molecule has 3 aromatic carbocycles. The molecule has 0 amide bonds. The van der Waals surface area contributed by atoms with Gasteiger partial charge in [-0.1, -0.05) is 60.7 Å². The molecule has 0 spiro atoms. The first-order chi connectivity index (χ1) is 12.3. The zero-order valence-electron chi connectivity index (χ0n) is 13.9. The van der Waals surface area contributed by atoms with Crippen molar-refractivity contribution in [3.63, 3.8) is 0 Å². The van der Waals surface area contributed by atoms with Crippen LogP contribution < -0.4 is 4.74 Å². The third kappa shape index (κ3) is 2.72. The Kier molecular flexibility index (Phi) is 3.86. The summed E-state index contributed by atoms with van der Waals surface area (Å²) in [6.45, 7) is 0.434. The summed E-state index contributed by atoms with van der Waals surface area (Å²) in [6, 6.07) is 21.9. The largest absolute Gasteiger partial charge is 0.496 e. The third-order valence-electron chi connectivity index (χ3n) is 4.42. The highest BCUT2D eigenvalue weighted by atomic mass is 16.5. The van der Waals surface area contributed by atoms with E-state index in [1.54, 1.807) is 18.0 Å². The average molecular weight is 330 g/mol. The molecule has 1 N–H and O–H groups in total. The fourth-order valence-electron chi connectivity index (χ4n) is 3.14. The van der Waals surface area contributed by atoms with Gasteiger partial charge in [-0.3, -0.25) is 0 Å². The number of rotatable bonds is 4. The zero-order valence-corrected chi connectivity index (χ0v) is 13.9. The van der Waals surface area contributed by atoms with Crippen LogP contribution in [0, 0.1) is 0 Å². The maximum Gasteiger partial charge on any atom is 0.217 e. The molecule has 4 nitrogen and oxygen atoms in total. The first kappa shape index (κ1) is 15.3. The highest BCUT2D eigenvalue weighted by Crippen LogP contribution is 2.33. The third-order valence-corrected chi connectivity index (χ3v) is 4.42. The lowest BCUT2D eigenvalue weighted by Crippen LogP contribution is -2.04. The van der Waals surface area contributed by atoms with Crippen molar-refractivity contribution in [3.8, 4) is 22.8 Å². The molecule has 0 unspecified atom stereocenters. The number of ether oxygens (including phenoxy) is 1. The Labute approximate surface area is 145 Å². The molecule has 124 valence electrons. The van der Waals surface area contributed by atoms with Crippen molar-refractivity contribution in [1.82, 2.24) is 9.78 Å². The van der Waals surface area contributed by atoms with E-state index in [-0.39, 0.29) is 5.88 Å². The van der Waals surface area contributed by atoms with Gasteiger partial charge >= 0.3 is 0 Å². The number of benzene rings is 3. The van der Waals surface area contributed by atoms with Crippen molar-refractivity contribution in [2.24, 2.45) is 0 Å². The summed E-state index contributed by atoms with van der Waals surface area (Å²) in [4.78, 5) is 0. The van der Waals surface area contributed by atoms with Gasteiger partial charge in [0.15, 0.2) is 0 Å². The summed E-state index contributed by atoms with van der Waals surface area (Å²) in [5, 5.41) is 17.2. The maximum atomic E-state index is 10.6. The normalized spacial score (nSPS) is 10.9. The first-order valence-electron chi connectivity index (χ1n) is 8.12. The van der Waals surface area contributed by atoms with Crippen LogP contribution in [0.4, 0.5) is 0 Å². The van der Waals surface area contributed by atoms with E-state index >= 15 is 0 Å². The molecule has 0 radical (unpaired) electrons. The SMILES string of the molecule is COc1ccc2ccccc2c1Cn1ncc(-c2ccccc2)c1O. The molecule has 1 heterocycles. The van der Waals surface area contributed by atoms with Crippen LogP contribution in [0.5, 0.6) is 11.6 Å². The molecule has 0 aliphatic rings. The Morgan fingerprint density at radius 2 is 1.72 bits per heavy atom. The summed E-state index contributed by atoms with van der Waals surface area (Å²) in [5.41, 5.74) is 2.66. The quantitative estimate of drug-likeness (QED) is 0.601. The molecular formula is C21H18N2O2. The van der Waals surface area contributed by atoms with Crippen LogP contribution in [0.15, 0.2) is 72.9 Å². The van der Waals surface area contributed by atoms with Crippen LogP contribution in [0.25, 0.3) is 21.9 Å². The molecule has 0 fully saturated rings. The number of fused-ring (bicyclic) bond motifs is 1. The highest BCUT2D eigenvalue weighted by molar-refractivity contribution is 5.87. The van der Waals surface area contributed by atoms with Crippen molar-refractivity contribution >= 4 is 10.8 Å². The monoisotopic (exact) mass is 330 g/mol. The molecule has 0 aliphatic heterocycles. The van der Waals surface area contributed by atoms with Gasteiger partial charge in [0.05, 0.1) is 25.4 Å². The molecule has 4 heteroatoms. The molecule has 4 aromatic rings. The molecule has 0 saturated carbocycles. The van der Waals surface area contributed by atoms with Gasteiger partial charge in [0.25, 0.3) is 0 Å². The Bertz CT molecular complexity index is 1020. The second-order valence-corrected chi connectivity index (χ2v) is 5.87. The van der Waals surface area contributed by atoms with Crippen molar-refractivity contribution < 1.29 is 9.84 Å². The van der Waals surface area contributed by atoms with Gasteiger partial charge in [0.1, 0.15) is 5.75 Å². The van der Waals surface area contributed by atoms with Crippen molar-refractivity contribution in [2.75, 3.05) is 7.11 Å². The highest BCUT2D eigenvalue weighted by Gasteiger charge is 2.15. The second-order valence-electron chi connectivity index (χ2n) is 5.87. The van der Waals surface area contributed by atoms with E-state index < -0.39 is 0 Å².